The fraction of sp³-hybridized carbons (Fsp3) is 0.500. The van der Waals surface area contributed by atoms with Crippen molar-refractivity contribution in [3.8, 4) is 0 Å². The van der Waals surface area contributed by atoms with Crippen molar-refractivity contribution in [1.29, 1.82) is 0 Å². The summed E-state index contributed by atoms with van der Waals surface area (Å²) in [4.78, 5) is 18.7. The number of carboxylic acid groups (broad SMARTS) is 2. The van der Waals surface area contributed by atoms with E-state index in [1.807, 2.05) is 0 Å². The Morgan fingerprint density at radius 3 is 1.00 bits per heavy atom. The first kappa shape index (κ1) is 21.8. The molecule has 0 spiro atoms. The van der Waals surface area contributed by atoms with Gasteiger partial charge in [-0.05, 0) is 0 Å². The molecule has 0 radical (unpaired) electrons. The summed E-state index contributed by atoms with van der Waals surface area (Å²) in [7, 11) is -8.77. The number of rotatable bonds is 4. The molecule has 0 heterocycles. The number of carboxylic acids is 2. The largest absolute Gasteiger partial charge is 2.00 e. The number of aliphatic carboxylic acids is 2. The second-order valence-corrected chi connectivity index (χ2v) is 5.10. The van der Waals surface area contributed by atoms with E-state index < -0.39 is 43.7 Å². The van der Waals surface area contributed by atoms with E-state index >= 15 is 0 Å². The van der Waals surface area contributed by atoms with Crippen LogP contribution in [0, 0.1) is 0 Å². The van der Waals surface area contributed by atoms with Gasteiger partial charge in [0.1, 0.15) is 11.5 Å². The smallest absolute Gasteiger partial charge is 0.549 e. The first-order valence-corrected chi connectivity index (χ1v) is 6.35. The van der Waals surface area contributed by atoms with Crippen molar-refractivity contribution in [2.75, 3.05) is 11.5 Å². The monoisotopic (exact) mass is 302 g/mol. The molecule has 0 bridgehead atoms. The third kappa shape index (κ3) is 31.3. The molecule has 0 aliphatic rings. The van der Waals surface area contributed by atoms with Gasteiger partial charge in [0.15, 0.2) is 0 Å². The van der Waals surface area contributed by atoms with Crippen LogP contribution in [0.3, 0.4) is 0 Å². The SMILES string of the molecule is O=C([O-])CS(=O)(=O)O.O=C([O-])CS(=O)(=O)O.[Mg+2]. The average molecular weight is 303 g/mol. The minimum absolute atomic E-state index is 0. The molecule has 0 aromatic carbocycles. The molecule has 0 saturated carbocycles. The van der Waals surface area contributed by atoms with Crippen LogP contribution in [0.4, 0.5) is 0 Å². The molecule has 0 aromatic heterocycles. The van der Waals surface area contributed by atoms with Crippen molar-refractivity contribution in [2.45, 2.75) is 0 Å². The zero-order valence-electron chi connectivity index (χ0n) is 8.10. The quantitative estimate of drug-likeness (QED) is 0.375. The van der Waals surface area contributed by atoms with Crippen molar-refractivity contribution in [3.63, 3.8) is 0 Å². The van der Waals surface area contributed by atoms with Crippen LogP contribution in [-0.2, 0) is 29.8 Å². The van der Waals surface area contributed by atoms with Crippen LogP contribution in [-0.4, -0.2) is 72.4 Å². The molecule has 0 rings (SSSR count). The van der Waals surface area contributed by atoms with Crippen LogP contribution >= 0.6 is 0 Å². The fourth-order valence-corrected chi connectivity index (χ4v) is 0.894. The standard InChI is InChI=1S/2C2H4O5S.Mg/c2*3-2(4)1-8(5,6)7;/h2*1H2,(H,3,4)(H,5,6,7);/q;;+2/p-2. The maximum absolute atomic E-state index is 9.58. The summed E-state index contributed by atoms with van der Waals surface area (Å²) < 4.78 is 53.8. The van der Waals surface area contributed by atoms with Crippen LogP contribution in [0.15, 0.2) is 0 Å². The molecule has 0 aromatic rings. The van der Waals surface area contributed by atoms with Crippen LogP contribution in [0.5, 0.6) is 0 Å². The summed E-state index contributed by atoms with van der Waals surface area (Å²) in [5.74, 6) is -6.31. The Morgan fingerprint density at radius 2 is 1.00 bits per heavy atom. The molecule has 96 valence electrons. The fourth-order valence-electron chi connectivity index (χ4n) is 0.298. The van der Waals surface area contributed by atoms with Gasteiger partial charge in [-0.2, -0.15) is 16.8 Å². The normalized spacial score (nSPS) is 10.5. The van der Waals surface area contributed by atoms with Gasteiger partial charge in [0.05, 0.1) is 11.9 Å². The molecule has 0 aliphatic heterocycles. The van der Waals surface area contributed by atoms with Gasteiger partial charge < -0.3 is 19.8 Å². The zero-order valence-corrected chi connectivity index (χ0v) is 11.1. The van der Waals surface area contributed by atoms with Crippen molar-refractivity contribution >= 4 is 55.2 Å². The third-order valence-electron chi connectivity index (χ3n) is 0.601. The summed E-state index contributed by atoms with van der Waals surface area (Å²) in [5.41, 5.74) is 0. The molecule has 0 saturated heterocycles. The predicted octanol–water partition coefficient (Wildman–Crippen LogP) is -5.13. The number of hydrogen-bond acceptors (Lipinski definition) is 8. The number of hydrogen-bond donors (Lipinski definition) is 2. The van der Waals surface area contributed by atoms with Gasteiger partial charge in [0.2, 0.25) is 0 Å². The van der Waals surface area contributed by atoms with Gasteiger partial charge in [-0.3, -0.25) is 9.11 Å². The summed E-state index contributed by atoms with van der Waals surface area (Å²) >= 11 is 0. The summed E-state index contributed by atoms with van der Waals surface area (Å²) in [6.07, 6.45) is 0. The van der Waals surface area contributed by atoms with Crippen molar-refractivity contribution in [1.82, 2.24) is 0 Å². The predicted molar refractivity (Wildman–Crippen MR) is 48.6 cm³/mol. The second-order valence-electron chi connectivity index (χ2n) is 2.20. The molecule has 0 atom stereocenters. The van der Waals surface area contributed by atoms with E-state index in [1.54, 1.807) is 0 Å². The third-order valence-corrected chi connectivity index (χ3v) is 1.80. The van der Waals surface area contributed by atoms with Gasteiger partial charge >= 0.3 is 23.1 Å². The number of carbonyl (C=O) groups excluding carboxylic acids is 2. The van der Waals surface area contributed by atoms with E-state index in [1.165, 1.54) is 0 Å². The van der Waals surface area contributed by atoms with Gasteiger partial charge in [-0.25, -0.2) is 0 Å². The molecule has 13 heteroatoms. The van der Waals surface area contributed by atoms with Crippen LogP contribution in [0.25, 0.3) is 0 Å². The molecule has 17 heavy (non-hydrogen) atoms. The summed E-state index contributed by atoms with van der Waals surface area (Å²) in [6, 6.07) is 0. The van der Waals surface area contributed by atoms with E-state index in [9.17, 15) is 36.6 Å². The van der Waals surface area contributed by atoms with Crippen molar-refractivity contribution < 1.29 is 45.7 Å². The molecular weight excluding hydrogens is 296 g/mol. The molecule has 0 fully saturated rings. The first-order chi connectivity index (χ1) is 6.83. The van der Waals surface area contributed by atoms with E-state index in [0.717, 1.165) is 0 Å². The Bertz CT molecular complexity index is 403. The van der Waals surface area contributed by atoms with E-state index in [4.69, 9.17) is 9.11 Å². The van der Waals surface area contributed by atoms with Gasteiger partial charge in [0.25, 0.3) is 20.2 Å². The van der Waals surface area contributed by atoms with Crippen molar-refractivity contribution in [3.05, 3.63) is 0 Å². The Labute approximate surface area is 112 Å². The van der Waals surface area contributed by atoms with Crippen LogP contribution < -0.4 is 10.2 Å². The van der Waals surface area contributed by atoms with Gasteiger partial charge in [-0.15, -0.1) is 0 Å². The maximum Gasteiger partial charge on any atom is 2.00 e. The number of carbonyl (C=O) groups is 2. The Hall–Kier alpha value is -0.474. The van der Waals surface area contributed by atoms with Gasteiger partial charge in [-0.1, -0.05) is 0 Å². The summed E-state index contributed by atoms with van der Waals surface area (Å²) in [6.45, 7) is 0. The van der Waals surface area contributed by atoms with E-state index in [0.29, 0.717) is 0 Å². The molecule has 0 aliphatic carbocycles. The Morgan fingerprint density at radius 1 is 0.824 bits per heavy atom. The minimum Gasteiger partial charge on any atom is -0.549 e. The molecule has 2 N–H and O–H groups in total. The maximum atomic E-state index is 9.58. The molecular formula is C4H6MgO10S2. The minimum atomic E-state index is -4.39. The molecule has 0 amide bonds. The molecule has 0 unspecified atom stereocenters. The summed E-state index contributed by atoms with van der Waals surface area (Å²) in [5, 5.41) is 18.7. The Balaban J connectivity index is -0.000000218. The first-order valence-electron chi connectivity index (χ1n) is 3.13. The van der Waals surface area contributed by atoms with E-state index in [2.05, 4.69) is 0 Å². The Kier molecular flexibility index (Phi) is 11.0. The van der Waals surface area contributed by atoms with E-state index in [-0.39, 0.29) is 23.1 Å². The van der Waals surface area contributed by atoms with Crippen LogP contribution in [0.1, 0.15) is 0 Å². The topological polar surface area (TPSA) is 189 Å². The van der Waals surface area contributed by atoms with Gasteiger partial charge in [0, 0.05) is 0 Å². The van der Waals surface area contributed by atoms with Crippen molar-refractivity contribution in [2.24, 2.45) is 0 Å². The van der Waals surface area contributed by atoms with Crippen LogP contribution in [0.2, 0.25) is 0 Å². The zero-order chi connectivity index (χ0) is 13.6. The second kappa shape index (κ2) is 8.59. The molecule has 10 nitrogen and oxygen atoms in total. The average Bonchev–Trinajstić information content (AvgIpc) is 1.72.